The minimum atomic E-state index is -0.152. The third kappa shape index (κ3) is 3.74. The molecule has 2 atom stereocenters. The number of nitrogens with zero attached hydrogens (tertiary/aromatic N) is 1. The molecule has 1 aromatic rings. The van der Waals surface area contributed by atoms with Gasteiger partial charge in [-0.05, 0) is 24.5 Å². The van der Waals surface area contributed by atoms with Crippen molar-refractivity contribution in [3.05, 3.63) is 29.6 Å². The lowest BCUT2D eigenvalue weighted by Gasteiger charge is -2.39. The van der Waals surface area contributed by atoms with Gasteiger partial charge in [-0.1, -0.05) is 26.3 Å². The van der Waals surface area contributed by atoms with Gasteiger partial charge in [0.1, 0.15) is 11.6 Å². The molecule has 0 aliphatic carbocycles. The molecule has 1 heterocycles. The summed E-state index contributed by atoms with van der Waals surface area (Å²) in [5, 5.41) is 3.37. The largest absolute Gasteiger partial charge is 0.496 e. The Morgan fingerprint density at radius 1 is 1.33 bits per heavy atom. The van der Waals surface area contributed by atoms with Crippen LogP contribution >= 0.6 is 0 Å². The van der Waals surface area contributed by atoms with Crippen molar-refractivity contribution in [2.75, 3.05) is 33.3 Å². The molecule has 0 saturated carbocycles. The van der Waals surface area contributed by atoms with Gasteiger partial charge in [0.15, 0.2) is 0 Å². The van der Waals surface area contributed by atoms with Gasteiger partial charge in [-0.15, -0.1) is 0 Å². The van der Waals surface area contributed by atoms with Crippen LogP contribution in [0.1, 0.15) is 38.3 Å². The summed E-state index contributed by atoms with van der Waals surface area (Å²) in [5.74, 6) is 0.918. The fourth-order valence-electron chi connectivity index (χ4n) is 3.38. The number of rotatable bonds is 6. The Balaban J connectivity index is 2.38. The monoisotopic (exact) mass is 294 g/mol. The Labute approximate surface area is 127 Å². The van der Waals surface area contributed by atoms with Crippen LogP contribution < -0.4 is 10.1 Å². The Bertz CT molecular complexity index is 446. The third-order valence-corrected chi connectivity index (χ3v) is 4.36. The van der Waals surface area contributed by atoms with E-state index in [0.717, 1.165) is 44.6 Å². The van der Waals surface area contributed by atoms with Crippen LogP contribution in [0.25, 0.3) is 0 Å². The maximum atomic E-state index is 14.5. The standard InChI is InChI=1S/C17H27FN2O/c1-4-6-13(2)17(20-11-9-19-10-12-20)16-14(18)7-5-8-15(16)21-3/h5,7-8,13,17,19H,4,6,9-12H2,1-3H3/t13?,17-/m0/s1. The van der Waals surface area contributed by atoms with Gasteiger partial charge >= 0.3 is 0 Å². The number of benzene rings is 1. The van der Waals surface area contributed by atoms with Crippen molar-refractivity contribution in [3.63, 3.8) is 0 Å². The van der Waals surface area contributed by atoms with E-state index in [1.165, 1.54) is 0 Å². The number of ether oxygens (including phenoxy) is 1. The summed E-state index contributed by atoms with van der Waals surface area (Å²) in [7, 11) is 1.62. The highest BCUT2D eigenvalue weighted by atomic mass is 19.1. The predicted molar refractivity (Wildman–Crippen MR) is 84.2 cm³/mol. The van der Waals surface area contributed by atoms with Gasteiger partial charge in [-0.3, -0.25) is 4.90 Å². The van der Waals surface area contributed by atoms with Crippen LogP contribution in [-0.4, -0.2) is 38.2 Å². The lowest BCUT2D eigenvalue weighted by Crippen LogP contribution is -2.47. The fraction of sp³-hybridized carbons (Fsp3) is 0.647. The van der Waals surface area contributed by atoms with Crippen molar-refractivity contribution in [2.24, 2.45) is 5.92 Å². The zero-order valence-electron chi connectivity index (χ0n) is 13.4. The summed E-state index contributed by atoms with van der Waals surface area (Å²) in [6.45, 7) is 8.25. The van der Waals surface area contributed by atoms with Crippen LogP contribution in [0.3, 0.4) is 0 Å². The van der Waals surface area contributed by atoms with Crippen molar-refractivity contribution >= 4 is 0 Å². The number of hydrogen-bond donors (Lipinski definition) is 1. The third-order valence-electron chi connectivity index (χ3n) is 4.36. The van der Waals surface area contributed by atoms with Crippen LogP contribution in [0, 0.1) is 11.7 Å². The van der Waals surface area contributed by atoms with Gasteiger partial charge in [0.25, 0.3) is 0 Å². The van der Waals surface area contributed by atoms with Crippen molar-refractivity contribution < 1.29 is 9.13 Å². The summed E-state index contributed by atoms with van der Waals surface area (Å²) in [6, 6.07) is 5.22. The Hall–Kier alpha value is -1.13. The van der Waals surface area contributed by atoms with Crippen molar-refractivity contribution in [2.45, 2.75) is 32.7 Å². The molecule has 1 saturated heterocycles. The average molecular weight is 294 g/mol. The number of halogens is 1. The molecule has 1 aliphatic heterocycles. The van der Waals surface area contributed by atoms with E-state index < -0.39 is 0 Å². The van der Waals surface area contributed by atoms with Crippen LogP contribution in [-0.2, 0) is 0 Å². The van der Waals surface area contributed by atoms with Gasteiger partial charge < -0.3 is 10.1 Å². The Morgan fingerprint density at radius 3 is 2.67 bits per heavy atom. The Morgan fingerprint density at radius 2 is 2.05 bits per heavy atom. The second-order valence-corrected chi connectivity index (χ2v) is 5.85. The molecule has 1 fully saturated rings. The van der Waals surface area contributed by atoms with E-state index in [2.05, 4.69) is 24.1 Å². The SMILES string of the molecule is CCCC(C)[C@@H](c1c(F)cccc1OC)N1CCNCC1. The second-order valence-electron chi connectivity index (χ2n) is 5.85. The highest BCUT2D eigenvalue weighted by Crippen LogP contribution is 2.38. The quantitative estimate of drug-likeness (QED) is 0.872. The topological polar surface area (TPSA) is 24.5 Å². The van der Waals surface area contributed by atoms with Gasteiger partial charge in [0, 0.05) is 37.8 Å². The molecule has 2 rings (SSSR count). The molecule has 1 N–H and O–H groups in total. The Kier molecular flexibility index (Phi) is 6.00. The fourth-order valence-corrected chi connectivity index (χ4v) is 3.38. The second kappa shape index (κ2) is 7.76. The molecule has 0 aromatic heterocycles. The summed E-state index contributed by atoms with van der Waals surface area (Å²) >= 11 is 0. The van der Waals surface area contributed by atoms with Crippen LogP contribution in [0.4, 0.5) is 4.39 Å². The number of hydrogen-bond acceptors (Lipinski definition) is 3. The molecule has 1 unspecified atom stereocenters. The zero-order valence-corrected chi connectivity index (χ0v) is 13.4. The van der Waals surface area contributed by atoms with E-state index in [1.807, 2.05) is 6.07 Å². The minimum Gasteiger partial charge on any atom is -0.496 e. The summed E-state index contributed by atoms with van der Waals surface area (Å²) in [5.41, 5.74) is 0.725. The first-order valence-electron chi connectivity index (χ1n) is 7.96. The summed E-state index contributed by atoms with van der Waals surface area (Å²) in [6.07, 6.45) is 2.20. The summed E-state index contributed by atoms with van der Waals surface area (Å²) in [4.78, 5) is 2.40. The molecule has 0 bridgehead atoms. The zero-order chi connectivity index (χ0) is 15.2. The number of nitrogens with one attached hydrogen (secondary N) is 1. The molecule has 1 aliphatic rings. The summed E-state index contributed by atoms with van der Waals surface area (Å²) < 4.78 is 20.0. The molecule has 21 heavy (non-hydrogen) atoms. The first-order chi connectivity index (χ1) is 10.2. The van der Waals surface area contributed by atoms with Crippen LogP contribution in [0.15, 0.2) is 18.2 Å². The molecule has 0 amide bonds. The molecule has 1 aromatic carbocycles. The highest BCUT2D eigenvalue weighted by Gasteiger charge is 2.31. The normalized spacial score (nSPS) is 19.2. The number of methoxy groups -OCH3 is 1. The molecule has 4 heteroatoms. The van der Waals surface area contributed by atoms with Crippen molar-refractivity contribution in [1.82, 2.24) is 10.2 Å². The van der Waals surface area contributed by atoms with Gasteiger partial charge in [-0.25, -0.2) is 4.39 Å². The van der Waals surface area contributed by atoms with E-state index in [1.54, 1.807) is 19.2 Å². The van der Waals surface area contributed by atoms with Gasteiger partial charge in [0.2, 0.25) is 0 Å². The molecule has 0 spiro atoms. The maximum Gasteiger partial charge on any atom is 0.131 e. The molecule has 0 radical (unpaired) electrons. The smallest absolute Gasteiger partial charge is 0.131 e. The van der Waals surface area contributed by atoms with Gasteiger partial charge in [-0.2, -0.15) is 0 Å². The molecule has 3 nitrogen and oxygen atoms in total. The van der Waals surface area contributed by atoms with E-state index in [-0.39, 0.29) is 11.9 Å². The van der Waals surface area contributed by atoms with Crippen LogP contribution in [0.5, 0.6) is 5.75 Å². The predicted octanol–water partition coefficient (Wildman–Crippen LogP) is 3.22. The lowest BCUT2D eigenvalue weighted by molar-refractivity contribution is 0.120. The van der Waals surface area contributed by atoms with Gasteiger partial charge in [0.05, 0.1) is 7.11 Å². The first kappa shape index (κ1) is 16.2. The lowest BCUT2D eigenvalue weighted by atomic mass is 9.88. The van der Waals surface area contributed by atoms with E-state index in [0.29, 0.717) is 11.7 Å². The van der Waals surface area contributed by atoms with E-state index in [4.69, 9.17) is 4.74 Å². The van der Waals surface area contributed by atoms with Crippen LogP contribution in [0.2, 0.25) is 0 Å². The number of piperazine rings is 1. The van der Waals surface area contributed by atoms with E-state index in [9.17, 15) is 4.39 Å². The van der Waals surface area contributed by atoms with Crippen molar-refractivity contribution in [1.29, 1.82) is 0 Å². The maximum absolute atomic E-state index is 14.5. The molecular weight excluding hydrogens is 267 g/mol. The average Bonchev–Trinajstić information content (AvgIpc) is 2.50. The minimum absolute atomic E-state index is 0.0863. The highest BCUT2D eigenvalue weighted by molar-refractivity contribution is 5.37. The molecule has 118 valence electrons. The molecular formula is C17H27FN2O. The first-order valence-corrected chi connectivity index (χ1v) is 7.96. The van der Waals surface area contributed by atoms with E-state index >= 15 is 0 Å². The van der Waals surface area contributed by atoms with Crippen molar-refractivity contribution in [3.8, 4) is 5.75 Å².